The third-order valence-corrected chi connectivity index (χ3v) is 6.41. The molecular weight excluding hydrogens is 418 g/mol. The first-order valence-electron chi connectivity index (χ1n) is 11.5. The standard InChI is InChI=1S/C26H27N3O4/c1-2-23-24(31-12-11-30-23)14-19(1)16-28-7-9-29(10-8-28)17-20-13-22(21-3-5-27-6-4-21)26-25(15-20)32-18-33-26/h1-6,13-15H,7-12,16-18H2. The van der Waals surface area contributed by atoms with Crippen molar-refractivity contribution < 1.29 is 18.9 Å². The van der Waals surface area contributed by atoms with Gasteiger partial charge in [0.1, 0.15) is 13.2 Å². The van der Waals surface area contributed by atoms with E-state index in [0.717, 1.165) is 73.4 Å². The molecule has 3 aliphatic heterocycles. The summed E-state index contributed by atoms with van der Waals surface area (Å²) in [5.41, 5.74) is 4.68. The van der Waals surface area contributed by atoms with E-state index in [1.165, 1.54) is 11.1 Å². The number of benzene rings is 2. The molecule has 0 bridgehead atoms. The molecule has 0 unspecified atom stereocenters. The Labute approximate surface area is 193 Å². The second kappa shape index (κ2) is 8.92. The van der Waals surface area contributed by atoms with Crippen molar-refractivity contribution >= 4 is 0 Å². The van der Waals surface area contributed by atoms with Gasteiger partial charge in [0.15, 0.2) is 23.0 Å². The fourth-order valence-electron chi connectivity index (χ4n) is 4.71. The van der Waals surface area contributed by atoms with E-state index in [0.29, 0.717) is 13.2 Å². The molecule has 3 aliphatic rings. The third kappa shape index (κ3) is 4.34. The topological polar surface area (TPSA) is 56.3 Å². The van der Waals surface area contributed by atoms with Gasteiger partial charge >= 0.3 is 0 Å². The number of hydrogen-bond acceptors (Lipinski definition) is 7. The van der Waals surface area contributed by atoms with Crippen molar-refractivity contribution in [2.24, 2.45) is 0 Å². The van der Waals surface area contributed by atoms with Crippen LogP contribution in [0.2, 0.25) is 0 Å². The number of pyridine rings is 1. The van der Waals surface area contributed by atoms with Gasteiger partial charge < -0.3 is 18.9 Å². The molecule has 6 rings (SSSR count). The molecule has 1 aromatic heterocycles. The van der Waals surface area contributed by atoms with Crippen LogP contribution in [-0.4, -0.2) is 61.0 Å². The maximum Gasteiger partial charge on any atom is 0.231 e. The monoisotopic (exact) mass is 445 g/mol. The smallest absolute Gasteiger partial charge is 0.231 e. The van der Waals surface area contributed by atoms with Crippen LogP contribution in [0.3, 0.4) is 0 Å². The number of piperazine rings is 1. The largest absolute Gasteiger partial charge is 0.486 e. The van der Waals surface area contributed by atoms with E-state index in [9.17, 15) is 0 Å². The number of aromatic nitrogens is 1. The lowest BCUT2D eigenvalue weighted by Crippen LogP contribution is -2.45. The molecule has 2 aromatic carbocycles. The van der Waals surface area contributed by atoms with Gasteiger partial charge in [0.05, 0.1) is 0 Å². The Morgan fingerprint density at radius 3 is 2.15 bits per heavy atom. The zero-order valence-corrected chi connectivity index (χ0v) is 18.5. The molecule has 0 aliphatic carbocycles. The van der Waals surface area contributed by atoms with Crippen molar-refractivity contribution in [1.29, 1.82) is 0 Å². The van der Waals surface area contributed by atoms with E-state index in [1.54, 1.807) is 0 Å². The lowest BCUT2D eigenvalue weighted by molar-refractivity contribution is 0.121. The molecule has 7 nitrogen and oxygen atoms in total. The molecule has 3 aromatic rings. The molecule has 0 saturated carbocycles. The average Bonchev–Trinajstić information content (AvgIpc) is 3.34. The first-order valence-corrected chi connectivity index (χ1v) is 11.5. The lowest BCUT2D eigenvalue weighted by Gasteiger charge is -2.35. The highest BCUT2D eigenvalue weighted by atomic mass is 16.7. The van der Waals surface area contributed by atoms with Crippen LogP contribution >= 0.6 is 0 Å². The maximum absolute atomic E-state index is 5.75. The maximum atomic E-state index is 5.75. The Morgan fingerprint density at radius 2 is 1.36 bits per heavy atom. The molecule has 7 heteroatoms. The molecule has 0 N–H and O–H groups in total. The fourth-order valence-corrected chi connectivity index (χ4v) is 4.71. The van der Waals surface area contributed by atoms with Crippen molar-refractivity contribution in [2.75, 3.05) is 46.2 Å². The Balaban J connectivity index is 1.10. The molecule has 0 radical (unpaired) electrons. The molecule has 4 heterocycles. The average molecular weight is 446 g/mol. The van der Waals surface area contributed by atoms with Crippen LogP contribution in [0.1, 0.15) is 11.1 Å². The minimum atomic E-state index is 0.273. The summed E-state index contributed by atoms with van der Waals surface area (Å²) >= 11 is 0. The van der Waals surface area contributed by atoms with Gasteiger partial charge in [0, 0.05) is 57.2 Å². The summed E-state index contributed by atoms with van der Waals surface area (Å²) in [6.45, 7) is 7.49. The fraction of sp³-hybridized carbons (Fsp3) is 0.346. The predicted molar refractivity (Wildman–Crippen MR) is 124 cm³/mol. The van der Waals surface area contributed by atoms with Gasteiger partial charge in [-0.05, 0) is 53.1 Å². The molecule has 33 heavy (non-hydrogen) atoms. The van der Waals surface area contributed by atoms with Crippen molar-refractivity contribution in [2.45, 2.75) is 13.1 Å². The van der Waals surface area contributed by atoms with Crippen LogP contribution in [0.5, 0.6) is 23.0 Å². The Hall–Kier alpha value is -3.29. The van der Waals surface area contributed by atoms with Gasteiger partial charge in [0.25, 0.3) is 0 Å². The molecule has 1 saturated heterocycles. The Bertz CT molecular complexity index is 1130. The number of nitrogens with zero attached hydrogens (tertiary/aromatic N) is 3. The third-order valence-electron chi connectivity index (χ3n) is 6.41. The normalized spacial score (nSPS) is 17.8. The van der Waals surface area contributed by atoms with E-state index < -0.39 is 0 Å². The van der Waals surface area contributed by atoms with Gasteiger partial charge in [0.2, 0.25) is 6.79 Å². The van der Waals surface area contributed by atoms with Crippen LogP contribution in [0.25, 0.3) is 11.1 Å². The molecule has 0 amide bonds. The summed E-state index contributed by atoms with van der Waals surface area (Å²) in [4.78, 5) is 9.15. The first kappa shape index (κ1) is 20.3. The lowest BCUT2D eigenvalue weighted by atomic mass is 10.0. The predicted octanol–water partition coefficient (Wildman–Crippen LogP) is 3.57. The van der Waals surface area contributed by atoms with Crippen LogP contribution in [-0.2, 0) is 13.1 Å². The Kier molecular flexibility index (Phi) is 5.49. The van der Waals surface area contributed by atoms with E-state index in [2.05, 4.69) is 39.0 Å². The van der Waals surface area contributed by atoms with Gasteiger partial charge in [-0.2, -0.15) is 0 Å². The zero-order chi connectivity index (χ0) is 22.0. The quantitative estimate of drug-likeness (QED) is 0.595. The van der Waals surface area contributed by atoms with Gasteiger partial charge in [-0.25, -0.2) is 0 Å². The number of rotatable bonds is 5. The van der Waals surface area contributed by atoms with Crippen molar-refractivity contribution in [3.8, 4) is 34.1 Å². The van der Waals surface area contributed by atoms with Crippen molar-refractivity contribution in [1.82, 2.24) is 14.8 Å². The molecule has 0 atom stereocenters. The summed E-state index contributed by atoms with van der Waals surface area (Å²) in [6.07, 6.45) is 3.62. The van der Waals surface area contributed by atoms with Crippen LogP contribution in [0.4, 0.5) is 0 Å². The Morgan fingerprint density at radius 1 is 0.667 bits per heavy atom. The summed E-state index contributed by atoms with van der Waals surface area (Å²) in [5.74, 6) is 3.38. The SMILES string of the molecule is c1cc(-c2cc(CN3CCN(Cc4ccc5c(c4)OCCO5)CC3)cc3c2OCO3)ccn1. The molecule has 0 spiro atoms. The highest BCUT2D eigenvalue weighted by molar-refractivity contribution is 5.75. The second-order valence-corrected chi connectivity index (χ2v) is 8.64. The molecule has 1 fully saturated rings. The minimum absolute atomic E-state index is 0.273. The van der Waals surface area contributed by atoms with Crippen LogP contribution in [0, 0.1) is 0 Å². The summed E-state index contributed by atoms with van der Waals surface area (Å²) in [5, 5.41) is 0. The molecule has 170 valence electrons. The van der Waals surface area contributed by atoms with Crippen LogP contribution in [0.15, 0.2) is 54.9 Å². The highest BCUT2D eigenvalue weighted by Gasteiger charge is 2.23. The van der Waals surface area contributed by atoms with E-state index in [4.69, 9.17) is 18.9 Å². The van der Waals surface area contributed by atoms with Gasteiger partial charge in [-0.3, -0.25) is 14.8 Å². The van der Waals surface area contributed by atoms with Gasteiger partial charge in [-0.15, -0.1) is 0 Å². The summed E-state index contributed by atoms with van der Waals surface area (Å²) in [6, 6.07) is 14.7. The highest BCUT2D eigenvalue weighted by Crippen LogP contribution is 2.42. The number of hydrogen-bond donors (Lipinski definition) is 0. The first-order chi connectivity index (χ1) is 16.3. The van der Waals surface area contributed by atoms with E-state index in [-0.39, 0.29) is 6.79 Å². The van der Waals surface area contributed by atoms with Crippen molar-refractivity contribution in [3.05, 3.63) is 66.0 Å². The summed E-state index contributed by atoms with van der Waals surface area (Å²) < 4.78 is 22.9. The van der Waals surface area contributed by atoms with Crippen LogP contribution < -0.4 is 18.9 Å². The number of fused-ring (bicyclic) bond motifs is 2. The van der Waals surface area contributed by atoms with E-state index >= 15 is 0 Å². The minimum Gasteiger partial charge on any atom is -0.486 e. The zero-order valence-electron chi connectivity index (χ0n) is 18.5. The van der Waals surface area contributed by atoms with Crippen molar-refractivity contribution in [3.63, 3.8) is 0 Å². The molecular formula is C26H27N3O4. The second-order valence-electron chi connectivity index (χ2n) is 8.64. The summed E-state index contributed by atoms with van der Waals surface area (Å²) in [7, 11) is 0. The number of ether oxygens (including phenoxy) is 4. The van der Waals surface area contributed by atoms with E-state index in [1.807, 2.05) is 30.6 Å². The van der Waals surface area contributed by atoms with Gasteiger partial charge in [-0.1, -0.05) is 6.07 Å².